The van der Waals surface area contributed by atoms with Gasteiger partial charge < -0.3 is 5.32 Å². The molecule has 0 fully saturated rings. The number of nitrogens with one attached hydrogen (secondary N) is 1. The molecule has 1 N–H and O–H groups in total. The maximum Gasteiger partial charge on any atom is 0.141 e. The maximum atomic E-state index is 12.9. The van der Waals surface area contributed by atoms with Crippen molar-refractivity contribution in [3.8, 4) is 0 Å². The van der Waals surface area contributed by atoms with Gasteiger partial charge in [-0.1, -0.05) is 11.6 Å². The van der Waals surface area contributed by atoms with Crippen LogP contribution in [0.2, 0.25) is 5.02 Å². The van der Waals surface area contributed by atoms with Crippen LogP contribution < -0.4 is 5.32 Å². The van der Waals surface area contributed by atoms with Crippen LogP contribution in [0.15, 0.2) is 34.1 Å². The van der Waals surface area contributed by atoms with Crippen LogP contribution in [0.4, 0.5) is 10.1 Å². The Balaban J connectivity index is 2.02. The molecule has 5 heteroatoms. The van der Waals surface area contributed by atoms with Crippen molar-refractivity contribution in [1.82, 2.24) is 0 Å². The molecule has 0 aliphatic carbocycles. The van der Waals surface area contributed by atoms with Gasteiger partial charge in [-0.05, 0) is 46.3 Å². The molecule has 1 heterocycles. The fourth-order valence-corrected chi connectivity index (χ4v) is 2.85. The van der Waals surface area contributed by atoms with E-state index in [-0.39, 0.29) is 5.02 Å². The lowest BCUT2D eigenvalue weighted by atomic mass is 10.3. The van der Waals surface area contributed by atoms with Gasteiger partial charge in [0.05, 0.1) is 8.81 Å². The zero-order valence-corrected chi connectivity index (χ0v) is 11.3. The molecule has 0 saturated heterocycles. The monoisotopic (exact) mass is 319 g/mol. The summed E-state index contributed by atoms with van der Waals surface area (Å²) in [5.74, 6) is -0.397. The van der Waals surface area contributed by atoms with Gasteiger partial charge in [0.25, 0.3) is 0 Å². The lowest BCUT2D eigenvalue weighted by molar-refractivity contribution is 0.628. The van der Waals surface area contributed by atoms with Crippen LogP contribution >= 0.6 is 38.9 Å². The normalized spacial score (nSPS) is 10.4. The van der Waals surface area contributed by atoms with Gasteiger partial charge in [0.1, 0.15) is 5.82 Å². The summed E-state index contributed by atoms with van der Waals surface area (Å²) in [7, 11) is 0. The predicted octanol–water partition coefficient (Wildman–Crippen LogP) is 4.92. The first kappa shape index (κ1) is 11.9. The van der Waals surface area contributed by atoms with E-state index < -0.39 is 5.82 Å². The van der Waals surface area contributed by atoms with E-state index in [0.717, 1.165) is 9.47 Å². The first-order chi connectivity index (χ1) is 7.65. The molecule has 0 atom stereocenters. The summed E-state index contributed by atoms with van der Waals surface area (Å²) in [6.07, 6.45) is 0. The topological polar surface area (TPSA) is 12.0 Å². The lowest BCUT2D eigenvalue weighted by Gasteiger charge is -2.05. The van der Waals surface area contributed by atoms with Gasteiger partial charge in [0.15, 0.2) is 0 Å². The number of thiophene rings is 1. The van der Waals surface area contributed by atoms with Crippen molar-refractivity contribution in [2.45, 2.75) is 6.54 Å². The van der Waals surface area contributed by atoms with E-state index in [1.807, 2.05) is 12.1 Å². The Bertz CT molecular complexity index is 500. The summed E-state index contributed by atoms with van der Waals surface area (Å²) in [5.41, 5.74) is 0.816. The largest absolute Gasteiger partial charge is 0.380 e. The van der Waals surface area contributed by atoms with Crippen molar-refractivity contribution in [2.75, 3.05) is 5.32 Å². The van der Waals surface area contributed by atoms with E-state index in [4.69, 9.17) is 11.6 Å². The molecule has 0 saturated carbocycles. The van der Waals surface area contributed by atoms with E-state index in [1.165, 1.54) is 10.9 Å². The summed E-state index contributed by atoms with van der Waals surface area (Å²) in [6, 6.07) is 8.64. The standard InChI is InChI=1S/C11H8BrClFNS/c12-11-4-2-8(16-11)6-15-7-1-3-10(14)9(13)5-7/h1-5,15H,6H2. The molecule has 2 rings (SSSR count). The molecule has 2 aromatic rings. The third-order valence-corrected chi connectivity index (χ3v) is 3.93. The maximum absolute atomic E-state index is 12.9. The zero-order chi connectivity index (χ0) is 11.5. The Morgan fingerprint density at radius 3 is 2.75 bits per heavy atom. The Hall–Kier alpha value is -0.580. The second-order valence-electron chi connectivity index (χ2n) is 3.19. The Labute approximate surface area is 110 Å². The van der Waals surface area contributed by atoms with Crippen LogP contribution in [0.3, 0.4) is 0 Å². The fourth-order valence-electron chi connectivity index (χ4n) is 1.24. The summed E-state index contributed by atoms with van der Waals surface area (Å²) in [4.78, 5) is 1.20. The SMILES string of the molecule is Fc1ccc(NCc2ccc(Br)s2)cc1Cl. The van der Waals surface area contributed by atoms with Gasteiger partial charge in [-0.3, -0.25) is 0 Å². The second-order valence-corrected chi connectivity index (χ2v) is 6.14. The van der Waals surface area contributed by atoms with Crippen LogP contribution in [0.5, 0.6) is 0 Å². The third-order valence-electron chi connectivity index (χ3n) is 2.02. The van der Waals surface area contributed by atoms with Gasteiger partial charge in [-0.25, -0.2) is 4.39 Å². The first-order valence-electron chi connectivity index (χ1n) is 4.58. The molecule has 1 aromatic heterocycles. The number of hydrogen-bond acceptors (Lipinski definition) is 2. The minimum absolute atomic E-state index is 0.136. The van der Waals surface area contributed by atoms with Crippen LogP contribution in [0.25, 0.3) is 0 Å². The second kappa shape index (κ2) is 5.17. The van der Waals surface area contributed by atoms with Gasteiger partial charge in [0.2, 0.25) is 0 Å². The highest BCUT2D eigenvalue weighted by Gasteiger charge is 2.01. The minimum Gasteiger partial charge on any atom is -0.380 e. The molecule has 0 spiro atoms. The number of benzene rings is 1. The Morgan fingerprint density at radius 1 is 1.31 bits per heavy atom. The van der Waals surface area contributed by atoms with E-state index in [2.05, 4.69) is 21.2 Å². The molecule has 0 radical (unpaired) electrons. The Kier molecular flexibility index (Phi) is 3.84. The predicted molar refractivity (Wildman–Crippen MR) is 70.8 cm³/mol. The minimum atomic E-state index is -0.397. The number of hydrogen-bond donors (Lipinski definition) is 1. The van der Waals surface area contributed by atoms with E-state index in [0.29, 0.717) is 6.54 Å². The molecule has 0 aliphatic rings. The third kappa shape index (κ3) is 2.97. The molecule has 1 nitrogen and oxygen atoms in total. The van der Waals surface area contributed by atoms with Crippen molar-refractivity contribution in [3.05, 3.63) is 49.8 Å². The molecule has 0 aliphatic heterocycles. The highest BCUT2D eigenvalue weighted by Crippen LogP contribution is 2.24. The zero-order valence-electron chi connectivity index (χ0n) is 8.14. The van der Waals surface area contributed by atoms with E-state index >= 15 is 0 Å². The average molecular weight is 321 g/mol. The van der Waals surface area contributed by atoms with Crippen LogP contribution in [0, 0.1) is 5.82 Å². The van der Waals surface area contributed by atoms with Crippen molar-refractivity contribution in [2.24, 2.45) is 0 Å². The van der Waals surface area contributed by atoms with Crippen molar-refractivity contribution < 1.29 is 4.39 Å². The Morgan fingerprint density at radius 2 is 2.12 bits per heavy atom. The van der Waals surface area contributed by atoms with Gasteiger partial charge >= 0.3 is 0 Å². The molecule has 0 unspecified atom stereocenters. The molecule has 84 valence electrons. The van der Waals surface area contributed by atoms with Gasteiger partial charge in [0, 0.05) is 17.1 Å². The smallest absolute Gasteiger partial charge is 0.141 e. The van der Waals surface area contributed by atoms with Crippen LogP contribution in [-0.4, -0.2) is 0 Å². The molecule has 0 bridgehead atoms. The molecule has 1 aromatic carbocycles. The molecular formula is C11H8BrClFNS. The molecule has 16 heavy (non-hydrogen) atoms. The summed E-state index contributed by atoms with van der Waals surface area (Å²) in [6.45, 7) is 0.707. The fraction of sp³-hybridized carbons (Fsp3) is 0.0909. The summed E-state index contributed by atoms with van der Waals surface area (Å²) >= 11 is 10.7. The van der Waals surface area contributed by atoms with Crippen molar-refractivity contribution in [1.29, 1.82) is 0 Å². The van der Waals surface area contributed by atoms with Crippen LogP contribution in [0.1, 0.15) is 4.88 Å². The van der Waals surface area contributed by atoms with Crippen molar-refractivity contribution >= 4 is 44.6 Å². The van der Waals surface area contributed by atoms with E-state index in [1.54, 1.807) is 23.5 Å². The number of halogens is 3. The number of anilines is 1. The molecular weight excluding hydrogens is 313 g/mol. The highest BCUT2D eigenvalue weighted by molar-refractivity contribution is 9.11. The van der Waals surface area contributed by atoms with E-state index in [9.17, 15) is 4.39 Å². The average Bonchev–Trinajstić information content (AvgIpc) is 2.66. The number of rotatable bonds is 3. The molecule has 0 amide bonds. The first-order valence-corrected chi connectivity index (χ1v) is 6.57. The van der Waals surface area contributed by atoms with Crippen LogP contribution in [-0.2, 0) is 6.54 Å². The van der Waals surface area contributed by atoms with Gasteiger partial charge in [-0.2, -0.15) is 0 Å². The highest BCUT2D eigenvalue weighted by atomic mass is 79.9. The quantitative estimate of drug-likeness (QED) is 0.847. The lowest BCUT2D eigenvalue weighted by Crippen LogP contribution is -1.97. The van der Waals surface area contributed by atoms with Gasteiger partial charge in [-0.15, -0.1) is 11.3 Å². The summed E-state index contributed by atoms with van der Waals surface area (Å²) < 4.78 is 14.0. The van der Waals surface area contributed by atoms with Crippen molar-refractivity contribution in [3.63, 3.8) is 0 Å². The summed E-state index contributed by atoms with van der Waals surface area (Å²) in [5, 5.41) is 3.32.